The van der Waals surface area contributed by atoms with Gasteiger partial charge in [-0.1, -0.05) is 41.9 Å². The van der Waals surface area contributed by atoms with Gasteiger partial charge in [0.15, 0.2) is 5.82 Å². The van der Waals surface area contributed by atoms with Crippen molar-refractivity contribution >= 4 is 28.9 Å². The number of aryl methyl sites for hydroxylation is 1. The van der Waals surface area contributed by atoms with Crippen molar-refractivity contribution in [1.29, 1.82) is 0 Å². The quantitative estimate of drug-likeness (QED) is 0.472. The summed E-state index contributed by atoms with van der Waals surface area (Å²) in [4.78, 5) is 14.6. The van der Waals surface area contributed by atoms with E-state index >= 15 is 0 Å². The number of hydrogen-bond donors (Lipinski definition) is 0. The minimum Gasteiger partial charge on any atom is -0.368 e. The van der Waals surface area contributed by atoms with Gasteiger partial charge in [0, 0.05) is 48.9 Å². The molecule has 162 valence electrons. The van der Waals surface area contributed by atoms with Crippen molar-refractivity contribution in [3.63, 3.8) is 0 Å². The van der Waals surface area contributed by atoms with Crippen LogP contribution in [0.3, 0.4) is 0 Å². The van der Waals surface area contributed by atoms with Gasteiger partial charge in [0.2, 0.25) is 0 Å². The van der Waals surface area contributed by atoms with Crippen LogP contribution in [0.1, 0.15) is 29.1 Å². The minimum absolute atomic E-state index is 0.673. The van der Waals surface area contributed by atoms with Crippen molar-refractivity contribution in [2.75, 3.05) is 36.0 Å². The lowest BCUT2D eigenvalue weighted by atomic mass is 10.1. The Labute approximate surface area is 192 Å². The SMILES string of the molecule is Clc1ccc(Cc2nc3nc4c(c(N5CCN(c6ccccc6)CC5)n3n2)CCC4)cc1. The molecule has 0 atom stereocenters. The van der Waals surface area contributed by atoms with E-state index in [0.717, 1.165) is 67.6 Å². The molecule has 0 radical (unpaired) electrons. The maximum Gasteiger partial charge on any atom is 0.254 e. The predicted molar refractivity (Wildman–Crippen MR) is 128 cm³/mol. The molecule has 6 rings (SSSR count). The Bertz CT molecular complexity index is 1240. The summed E-state index contributed by atoms with van der Waals surface area (Å²) in [5, 5.41) is 5.66. The molecule has 7 heteroatoms. The summed E-state index contributed by atoms with van der Waals surface area (Å²) in [5.74, 6) is 2.72. The molecule has 1 aliphatic carbocycles. The van der Waals surface area contributed by atoms with Crippen LogP contribution in [0.5, 0.6) is 0 Å². The van der Waals surface area contributed by atoms with Crippen molar-refractivity contribution in [2.45, 2.75) is 25.7 Å². The van der Waals surface area contributed by atoms with E-state index in [-0.39, 0.29) is 0 Å². The lowest BCUT2D eigenvalue weighted by Gasteiger charge is -2.37. The molecule has 1 fully saturated rings. The first-order valence-corrected chi connectivity index (χ1v) is 11.7. The third-order valence-electron chi connectivity index (χ3n) is 6.50. The molecule has 2 aromatic carbocycles. The van der Waals surface area contributed by atoms with Crippen LogP contribution < -0.4 is 9.80 Å². The Morgan fingerprint density at radius 3 is 2.34 bits per heavy atom. The fourth-order valence-corrected chi connectivity index (χ4v) is 5.03. The number of aromatic nitrogens is 4. The minimum atomic E-state index is 0.673. The average Bonchev–Trinajstić information content (AvgIpc) is 3.46. The zero-order chi connectivity index (χ0) is 21.5. The van der Waals surface area contributed by atoms with Gasteiger partial charge in [0.1, 0.15) is 5.82 Å². The lowest BCUT2D eigenvalue weighted by Crippen LogP contribution is -2.47. The largest absolute Gasteiger partial charge is 0.368 e. The highest BCUT2D eigenvalue weighted by molar-refractivity contribution is 6.30. The molecule has 0 unspecified atom stereocenters. The van der Waals surface area contributed by atoms with Gasteiger partial charge in [-0.25, -0.2) is 4.98 Å². The topological polar surface area (TPSA) is 49.6 Å². The standard InChI is InChI=1S/C25H25ClN6/c26-19-11-9-18(10-12-19)17-23-28-25-27-22-8-4-7-21(22)24(32(25)29-23)31-15-13-30(14-16-31)20-5-2-1-3-6-20/h1-3,5-6,9-12H,4,7-8,13-17H2. The number of fused-ring (bicyclic) bond motifs is 2. The number of para-hydroxylation sites is 1. The van der Waals surface area contributed by atoms with Gasteiger partial charge in [-0.2, -0.15) is 9.50 Å². The monoisotopic (exact) mass is 444 g/mol. The van der Waals surface area contributed by atoms with Gasteiger partial charge in [-0.3, -0.25) is 0 Å². The van der Waals surface area contributed by atoms with Gasteiger partial charge >= 0.3 is 0 Å². The number of nitrogens with zero attached hydrogens (tertiary/aromatic N) is 6. The molecule has 2 aliphatic rings. The van der Waals surface area contributed by atoms with Gasteiger partial charge in [0.25, 0.3) is 5.78 Å². The van der Waals surface area contributed by atoms with E-state index in [1.165, 1.54) is 22.8 Å². The predicted octanol–water partition coefficient (Wildman–Crippen LogP) is 4.18. The summed E-state index contributed by atoms with van der Waals surface area (Å²) in [5.41, 5.74) is 5.00. The fraction of sp³-hybridized carbons (Fsp3) is 0.320. The van der Waals surface area contributed by atoms with Crippen LogP contribution in [0.2, 0.25) is 5.02 Å². The highest BCUT2D eigenvalue weighted by atomic mass is 35.5. The second-order valence-electron chi connectivity index (χ2n) is 8.57. The van der Waals surface area contributed by atoms with Crippen LogP contribution in [-0.4, -0.2) is 45.8 Å². The summed E-state index contributed by atoms with van der Waals surface area (Å²) in [7, 11) is 0. The summed E-state index contributed by atoms with van der Waals surface area (Å²) < 4.78 is 1.99. The molecule has 3 heterocycles. The Morgan fingerprint density at radius 2 is 1.56 bits per heavy atom. The Hall–Kier alpha value is -3.12. The van der Waals surface area contributed by atoms with E-state index in [1.54, 1.807) is 0 Å². The van der Waals surface area contributed by atoms with Gasteiger partial charge < -0.3 is 9.80 Å². The van der Waals surface area contributed by atoms with E-state index in [0.29, 0.717) is 6.42 Å². The van der Waals surface area contributed by atoms with Crippen molar-refractivity contribution in [1.82, 2.24) is 19.6 Å². The van der Waals surface area contributed by atoms with Crippen LogP contribution in [0.4, 0.5) is 11.5 Å². The Morgan fingerprint density at radius 1 is 0.812 bits per heavy atom. The molecule has 0 amide bonds. The number of anilines is 2. The van der Waals surface area contributed by atoms with Crippen molar-refractivity contribution in [2.24, 2.45) is 0 Å². The highest BCUT2D eigenvalue weighted by Gasteiger charge is 2.28. The number of hydrogen-bond acceptors (Lipinski definition) is 5. The molecular weight excluding hydrogens is 420 g/mol. The van der Waals surface area contributed by atoms with Gasteiger partial charge in [-0.05, 0) is 49.1 Å². The highest BCUT2D eigenvalue weighted by Crippen LogP contribution is 2.32. The lowest BCUT2D eigenvalue weighted by molar-refractivity contribution is 0.635. The van der Waals surface area contributed by atoms with Crippen LogP contribution >= 0.6 is 11.6 Å². The van der Waals surface area contributed by atoms with E-state index in [4.69, 9.17) is 26.7 Å². The fourth-order valence-electron chi connectivity index (χ4n) is 4.90. The second-order valence-corrected chi connectivity index (χ2v) is 9.00. The summed E-state index contributed by atoms with van der Waals surface area (Å²) in [6, 6.07) is 18.6. The normalized spacial score (nSPS) is 16.0. The third-order valence-corrected chi connectivity index (χ3v) is 6.76. The zero-order valence-electron chi connectivity index (χ0n) is 17.9. The summed E-state index contributed by atoms with van der Waals surface area (Å²) >= 11 is 6.04. The number of halogens is 1. The van der Waals surface area contributed by atoms with Crippen LogP contribution in [0.15, 0.2) is 54.6 Å². The smallest absolute Gasteiger partial charge is 0.254 e. The first kappa shape index (κ1) is 19.6. The molecular formula is C25H25ClN6. The maximum absolute atomic E-state index is 6.04. The Kier molecular flexibility index (Phi) is 4.95. The third kappa shape index (κ3) is 3.58. The molecule has 0 N–H and O–H groups in total. The van der Waals surface area contributed by atoms with Gasteiger partial charge in [0.05, 0.1) is 5.69 Å². The molecule has 0 saturated carbocycles. The zero-order valence-corrected chi connectivity index (χ0v) is 18.7. The van der Waals surface area contributed by atoms with Crippen LogP contribution in [-0.2, 0) is 19.3 Å². The van der Waals surface area contributed by atoms with E-state index < -0.39 is 0 Å². The van der Waals surface area contributed by atoms with Crippen LogP contribution in [0.25, 0.3) is 5.78 Å². The molecule has 32 heavy (non-hydrogen) atoms. The molecule has 6 nitrogen and oxygen atoms in total. The first-order valence-electron chi connectivity index (χ1n) is 11.3. The van der Waals surface area contributed by atoms with Crippen LogP contribution in [0, 0.1) is 0 Å². The van der Waals surface area contributed by atoms with Gasteiger partial charge in [-0.15, -0.1) is 5.10 Å². The number of rotatable bonds is 4. The maximum atomic E-state index is 6.04. The molecule has 4 aromatic rings. The summed E-state index contributed by atoms with van der Waals surface area (Å²) in [6.07, 6.45) is 3.93. The number of benzene rings is 2. The first-order chi connectivity index (χ1) is 15.7. The molecule has 1 saturated heterocycles. The van der Waals surface area contributed by atoms with Crippen molar-refractivity contribution < 1.29 is 0 Å². The number of piperazine rings is 1. The average molecular weight is 445 g/mol. The molecule has 0 bridgehead atoms. The molecule has 1 aliphatic heterocycles. The molecule has 2 aromatic heterocycles. The van der Waals surface area contributed by atoms with E-state index in [2.05, 4.69) is 40.1 Å². The van der Waals surface area contributed by atoms with Crippen molar-refractivity contribution in [3.8, 4) is 0 Å². The Balaban J connectivity index is 1.32. The van der Waals surface area contributed by atoms with E-state index in [1.807, 2.05) is 28.8 Å². The molecule has 0 spiro atoms. The van der Waals surface area contributed by atoms with E-state index in [9.17, 15) is 0 Å². The van der Waals surface area contributed by atoms with Crippen molar-refractivity contribution in [3.05, 3.63) is 82.3 Å². The summed E-state index contributed by atoms with van der Waals surface area (Å²) in [6.45, 7) is 3.92. The second kappa shape index (κ2) is 8.10.